The predicted octanol–water partition coefficient (Wildman–Crippen LogP) is 5.60. The molecule has 5 nitrogen and oxygen atoms in total. The Morgan fingerprint density at radius 2 is 1.45 bits per heavy atom. The third-order valence-electron chi connectivity index (χ3n) is 3.55. The molecule has 0 saturated carbocycles. The molecule has 0 saturated heterocycles. The molecule has 2 aromatic carbocycles. The van der Waals surface area contributed by atoms with Crippen LogP contribution in [-0.4, -0.2) is 29.3 Å². The number of methoxy groups -OCH3 is 1. The van der Waals surface area contributed by atoms with Crippen LogP contribution in [0.25, 0.3) is 0 Å². The molecule has 1 aromatic heterocycles. The van der Waals surface area contributed by atoms with E-state index in [0.29, 0.717) is 10.9 Å². The SMILES string of the molecule is C=CC(=O)Oc1ccc(Sc2cc(Sc3ccc(OC)cc3)nc(SC)n2)cc1. The molecule has 3 aromatic rings. The largest absolute Gasteiger partial charge is 0.497 e. The Balaban J connectivity index is 1.75. The Morgan fingerprint density at radius 3 is 1.90 bits per heavy atom. The molecule has 29 heavy (non-hydrogen) atoms. The van der Waals surface area contributed by atoms with Gasteiger partial charge in [0.05, 0.1) is 7.11 Å². The monoisotopic (exact) mass is 442 g/mol. The molecular weight excluding hydrogens is 424 g/mol. The molecule has 0 bridgehead atoms. The lowest BCUT2D eigenvalue weighted by Gasteiger charge is -2.08. The first-order valence-electron chi connectivity index (χ1n) is 8.47. The lowest BCUT2D eigenvalue weighted by Crippen LogP contribution is -2.02. The van der Waals surface area contributed by atoms with E-state index in [1.807, 2.05) is 48.7 Å². The highest BCUT2D eigenvalue weighted by molar-refractivity contribution is 8.00. The van der Waals surface area contributed by atoms with Gasteiger partial charge in [0.2, 0.25) is 0 Å². The van der Waals surface area contributed by atoms with Crippen LogP contribution in [0.5, 0.6) is 11.5 Å². The first-order valence-corrected chi connectivity index (χ1v) is 11.3. The van der Waals surface area contributed by atoms with E-state index < -0.39 is 5.97 Å². The highest BCUT2D eigenvalue weighted by atomic mass is 32.2. The molecule has 1 heterocycles. The van der Waals surface area contributed by atoms with Crippen molar-refractivity contribution in [2.24, 2.45) is 0 Å². The summed E-state index contributed by atoms with van der Waals surface area (Å²) in [5.41, 5.74) is 0. The van der Waals surface area contributed by atoms with Gasteiger partial charge in [-0.25, -0.2) is 14.8 Å². The average Bonchev–Trinajstić information content (AvgIpc) is 2.75. The maximum absolute atomic E-state index is 11.3. The first-order chi connectivity index (χ1) is 14.1. The van der Waals surface area contributed by atoms with E-state index in [2.05, 4.69) is 16.5 Å². The van der Waals surface area contributed by atoms with Crippen LogP contribution in [-0.2, 0) is 4.79 Å². The number of esters is 1. The second-order valence-corrected chi connectivity index (χ2v) is 8.47. The van der Waals surface area contributed by atoms with Gasteiger partial charge in [-0.3, -0.25) is 0 Å². The van der Waals surface area contributed by atoms with E-state index in [4.69, 9.17) is 9.47 Å². The van der Waals surface area contributed by atoms with Crippen LogP contribution in [0.3, 0.4) is 0 Å². The zero-order valence-corrected chi connectivity index (χ0v) is 18.3. The molecule has 148 valence electrons. The topological polar surface area (TPSA) is 61.3 Å². The summed E-state index contributed by atoms with van der Waals surface area (Å²) in [6.07, 6.45) is 3.09. The third kappa shape index (κ3) is 6.28. The number of benzene rings is 2. The summed E-state index contributed by atoms with van der Waals surface area (Å²) < 4.78 is 10.3. The number of carbonyl (C=O) groups excluding carboxylic acids is 1. The van der Waals surface area contributed by atoms with E-state index in [1.165, 1.54) is 23.5 Å². The number of hydrogen-bond donors (Lipinski definition) is 0. The van der Waals surface area contributed by atoms with Crippen molar-refractivity contribution in [1.82, 2.24) is 9.97 Å². The predicted molar refractivity (Wildman–Crippen MR) is 117 cm³/mol. The van der Waals surface area contributed by atoms with Gasteiger partial charge in [-0.2, -0.15) is 0 Å². The highest BCUT2D eigenvalue weighted by Gasteiger charge is 2.09. The quantitative estimate of drug-likeness (QED) is 0.112. The Hall–Kier alpha value is -2.42. The molecule has 0 spiro atoms. The molecule has 0 fully saturated rings. The fourth-order valence-corrected chi connectivity index (χ4v) is 4.40. The third-order valence-corrected chi connectivity index (χ3v) is 5.95. The molecule has 0 aliphatic carbocycles. The van der Waals surface area contributed by atoms with Gasteiger partial charge in [0, 0.05) is 21.9 Å². The number of thioether (sulfide) groups is 1. The zero-order valence-electron chi connectivity index (χ0n) is 15.8. The van der Waals surface area contributed by atoms with E-state index >= 15 is 0 Å². The molecule has 0 N–H and O–H groups in total. The molecule has 0 unspecified atom stereocenters. The van der Waals surface area contributed by atoms with Gasteiger partial charge in [-0.15, -0.1) is 0 Å². The Bertz CT molecular complexity index is 993. The second-order valence-electron chi connectivity index (χ2n) is 5.51. The van der Waals surface area contributed by atoms with Crippen molar-refractivity contribution in [3.05, 3.63) is 67.3 Å². The van der Waals surface area contributed by atoms with Gasteiger partial charge in [0.15, 0.2) is 5.16 Å². The summed E-state index contributed by atoms with van der Waals surface area (Å²) in [5, 5.41) is 2.42. The number of carbonyl (C=O) groups is 1. The second kappa shape index (κ2) is 10.4. The number of aromatic nitrogens is 2. The fourth-order valence-electron chi connectivity index (χ4n) is 2.20. The Labute approximate surface area is 182 Å². The Morgan fingerprint density at radius 1 is 0.931 bits per heavy atom. The van der Waals surface area contributed by atoms with Crippen LogP contribution in [0.2, 0.25) is 0 Å². The van der Waals surface area contributed by atoms with Gasteiger partial charge in [-0.05, 0) is 54.8 Å². The Kier molecular flexibility index (Phi) is 7.62. The van der Waals surface area contributed by atoms with Gasteiger partial charge in [0.25, 0.3) is 0 Å². The summed E-state index contributed by atoms with van der Waals surface area (Å²) in [6, 6.07) is 17.1. The number of nitrogens with zero attached hydrogens (tertiary/aromatic N) is 2. The lowest BCUT2D eigenvalue weighted by atomic mass is 10.3. The van der Waals surface area contributed by atoms with E-state index in [1.54, 1.807) is 31.0 Å². The van der Waals surface area contributed by atoms with Crippen molar-refractivity contribution in [3.63, 3.8) is 0 Å². The highest BCUT2D eigenvalue weighted by Crippen LogP contribution is 2.34. The zero-order chi connectivity index (χ0) is 20.6. The van der Waals surface area contributed by atoms with E-state index in [0.717, 1.165) is 31.7 Å². The van der Waals surface area contributed by atoms with Crippen molar-refractivity contribution >= 4 is 41.3 Å². The molecule has 8 heteroatoms. The molecular formula is C21H18N2O3S3. The van der Waals surface area contributed by atoms with Crippen LogP contribution in [0.15, 0.2) is 92.3 Å². The maximum atomic E-state index is 11.3. The lowest BCUT2D eigenvalue weighted by molar-refractivity contribution is -0.128. The van der Waals surface area contributed by atoms with Crippen LogP contribution in [0, 0.1) is 0 Å². The van der Waals surface area contributed by atoms with E-state index in [-0.39, 0.29) is 0 Å². The molecule has 0 aliphatic rings. The van der Waals surface area contributed by atoms with Crippen LogP contribution in [0.1, 0.15) is 0 Å². The van der Waals surface area contributed by atoms with Crippen molar-refractivity contribution in [2.45, 2.75) is 25.0 Å². The average molecular weight is 443 g/mol. The van der Waals surface area contributed by atoms with Gasteiger partial charge in [0.1, 0.15) is 21.6 Å². The van der Waals surface area contributed by atoms with Crippen LogP contribution in [0.4, 0.5) is 0 Å². The van der Waals surface area contributed by atoms with Gasteiger partial charge >= 0.3 is 5.97 Å². The minimum atomic E-state index is -0.481. The summed E-state index contributed by atoms with van der Waals surface area (Å²) in [7, 11) is 1.65. The number of ether oxygens (including phenoxy) is 2. The van der Waals surface area contributed by atoms with Crippen molar-refractivity contribution in [2.75, 3.05) is 13.4 Å². The van der Waals surface area contributed by atoms with Crippen molar-refractivity contribution in [1.29, 1.82) is 0 Å². The van der Waals surface area contributed by atoms with E-state index in [9.17, 15) is 4.79 Å². The smallest absolute Gasteiger partial charge is 0.335 e. The maximum Gasteiger partial charge on any atom is 0.335 e. The number of rotatable bonds is 8. The minimum absolute atomic E-state index is 0.475. The number of hydrogen-bond acceptors (Lipinski definition) is 8. The summed E-state index contributed by atoms with van der Waals surface area (Å²) >= 11 is 4.60. The van der Waals surface area contributed by atoms with Crippen LogP contribution >= 0.6 is 35.3 Å². The van der Waals surface area contributed by atoms with Crippen molar-refractivity contribution in [3.8, 4) is 11.5 Å². The van der Waals surface area contributed by atoms with Gasteiger partial charge < -0.3 is 9.47 Å². The normalized spacial score (nSPS) is 10.4. The first kappa shape index (κ1) is 21.3. The van der Waals surface area contributed by atoms with Gasteiger partial charge in [-0.1, -0.05) is 41.9 Å². The molecule has 0 amide bonds. The summed E-state index contributed by atoms with van der Waals surface area (Å²) in [4.78, 5) is 22.5. The summed E-state index contributed by atoms with van der Waals surface area (Å²) in [6.45, 7) is 3.39. The molecule has 0 atom stereocenters. The summed E-state index contributed by atoms with van der Waals surface area (Å²) in [5.74, 6) is 0.814. The molecule has 0 radical (unpaired) electrons. The van der Waals surface area contributed by atoms with Crippen molar-refractivity contribution < 1.29 is 14.3 Å². The van der Waals surface area contributed by atoms with Crippen LogP contribution < -0.4 is 9.47 Å². The molecule has 3 rings (SSSR count). The minimum Gasteiger partial charge on any atom is -0.497 e. The standard InChI is InChI=1S/C21H18N2O3S3/c1-4-20(24)26-15-7-11-17(12-8-15)29-19-13-18(22-21(23-19)27-3)28-16-9-5-14(25-2)6-10-16/h4-13H,1H2,2-3H3. The molecule has 0 aliphatic heterocycles. The fraction of sp³-hybridized carbons (Fsp3) is 0.0952.